The van der Waals surface area contributed by atoms with Crippen LogP contribution in [-0.2, 0) is 0 Å². The lowest BCUT2D eigenvalue weighted by Gasteiger charge is -2.30. The molecule has 0 aliphatic carbocycles. The van der Waals surface area contributed by atoms with Gasteiger partial charge in [-0.15, -0.1) is 13.9 Å². The summed E-state index contributed by atoms with van der Waals surface area (Å²) in [4.78, 5) is 10.4. The van der Waals surface area contributed by atoms with E-state index in [4.69, 9.17) is 5.73 Å². The van der Waals surface area contributed by atoms with Crippen LogP contribution in [0.25, 0.3) is 16.6 Å². The average Bonchev–Trinajstić information content (AvgIpc) is 3.22. The van der Waals surface area contributed by atoms with Crippen molar-refractivity contribution < 1.29 is 27.0 Å². The Morgan fingerprint density at radius 2 is 2.07 bits per heavy atom. The number of benzene rings is 1. The van der Waals surface area contributed by atoms with Crippen molar-refractivity contribution in [1.29, 1.82) is 0 Å². The highest BCUT2D eigenvalue weighted by Crippen LogP contribution is 2.45. The van der Waals surface area contributed by atoms with Crippen LogP contribution < -0.4 is 15.2 Å². The number of nitrogens with two attached hydrogens (primary N) is 1. The molecule has 0 saturated carbocycles. The molecule has 1 aromatic carbocycles. The van der Waals surface area contributed by atoms with Crippen LogP contribution in [0.1, 0.15) is 24.6 Å². The van der Waals surface area contributed by atoms with Gasteiger partial charge in [-0.2, -0.15) is 4.52 Å². The number of hydrogen-bond acceptors (Lipinski definition) is 7. The normalized spacial score (nSPS) is 21.5. The van der Waals surface area contributed by atoms with Crippen LogP contribution in [0.4, 0.5) is 23.5 Å². The molecule has 2 aromatic heterocycles. The van der Waals surface area contributed by atoms with E-state index >= 15 is 0 Å². The molecule has 29 heavy (non-hydrogen) atoms. The average molecular weight is 412 g/mol. The first-order valence-corrected chi connectivity index (χ1v) is 9.06. The van der Waals surface area contributed by atoms with Gasteiger partial charge in [-0.25, -0.2) is 18.7 Å². The Kier molecular flexibility index (Phi) is 3.95. The fourth-order valence-electron chi connectivity index (χ4n) is 3.91. The number of likely N-dealkylation sites (tertiary alicyclic amines) is 1. The molecular weight excluding hydrogens is 396 g/mol. The Morgan fingerprint density at radius 3 is 2.86 bits per heavy atom. The fourth-order valence-corrected chi connectivity index (χ4v) is 3.91. The summed E-state index contributed by atoms with van der Waals surface area (Å²) >= 11 is 0. The van der Waals surface area contributed by atoms with Gasteiger partial charge in [0.15, 0.2) is 23.0 Å². The molecule has 2 aliphatic heterocycles. The summed E-state index contributed by atoms with van der Waals surface area (Å²) in [6.45, 7) is 0.706. The number of aromatic nitrogens is 4. The molecule has 5 rings (SSSR count). The molecule has 8 nitrogen and oxygen atoms in total. The standard InChI is InChI=1S/C17H16F4N6O2/c18-11(19)7-26-5-1-2-8(6-26)14-24-15-9-3-4-10-13(29-17(20,21)28-10)12(9)23-16(22)27(15)25-14/h3-4,8,11H,1-2,5-7H2,(H2,22,23)/t8-/m1/s1. The number of nitrogen functional groups attached to an aromatic ring is 1. The molecule has 154 valence electrons. The summed E-state index contributed by atoms with van der Waals surface area (Å²) in [6.07, 6.45) is -4.70. The van der Waals surface area contributed by atoms with Gasteiger partial charge in [0.1, 0.15) is 5.52 Å². The van der Waals surface area contributed by atoms with Gasteiger partial charge in [-0.1, -0.05) is 0 Å². The van der Waals surface area contributed by atoms with Gasteiger partial charge < -0.3 is 15.2 Å². The molecule has 2 N–H and O–H groups in total. The van der Waals surface area contributed by atoms with Crippen molar-refractivity contribution in [2.24, 2.45) is 0 Å². The largest absolute Gasteiger partial charge is 0.586 e. The lowest BCUT2D eigenvalue weighted by atomic mass is 9.97. The van der Waals surface area contributed by atoms with E-state index in [1.54, 1.807) is 4.90 Å². The fraction of sp³-hybridized carbons (Fsp3) is 0.471. The van der Waals surface area contributed by atoms with Gasteiger partial charge >= 0.3 is 6.29 Å². The molecule has 1 saturated heterocycles. The van der Waals surface area contributed by atoms with Crippen molar-refractivity contribution in [3.63, 3.8) is 0 Å². The first-order chi connectivity index (χ1) is 13.8. The van der Waals surface area contributed by atoms with Crippen LogP contribution >= 0.6 is 0 Å². The predicted molar refractivity (Wildman–Crippen MR) is 93.3 cm³/mol. The molecule has 4 heterocycles. The smallest absolute Gasteiger partial charge is 0.395 e. The van der Waals surface area contributed by atoms with E-state index in [1.807, 2.05) is 0 Å². The van der Waals surface area contributed by atoms with E-state index in [-0.39, 0.29) is 35.4 Å². The number of piperidine rings is 1. The number of alkyl halides is 4. The van der Waals surface area contributed by atoms with Crippen LogP contribution in [0, 0.1) is 0 Å². The van der Waals surface area contributed by atoms with E-state index in [9.17, 15) is 17.6 Å². The maximum absolute atomic E-state index is 13.5. The van der Waals surface area contributed by atoms with E-state index in [0.29, 0.717) is 29.9 Å². The summed E-state index contributed by atoms with van der Waals surface area (Å²) in [5.74, 6) is -0.109. The molecule has 3 aromatic rings. The summed E-state index contributed by atoms with van der Waals surface area (Å²) < 4.78 is 62.7. The molecule has 12 heteroatoms. The minimum absolute atomic E-state index is 0.0567. The second kappa shape index (κ2) is 6.31. The third-order valence-corrected chi connectivity index (χ3v) is 5.12. The molecule has 2 aliphatic rings. The third kappa shape index (κ3) is 3.07. The molecule has 0 radical (unpaired) electrons. The van der Waals surface area contributed by atoms with Crippen LogP contribution in [0.5, 0.6) is 11.5 Å². The summed E-state index contributed by atoms with van der Waals surface area (Å²) in [5, 5.41) is 4.82. The molecule has 0 unspecified atom stereocenters. The van der Waals surface area contributed by atoms with Crippen LogP contribution in [-0.4, -0.2) is 56.8 Å². The van der Waals surface area contributed by atoms with Crippen LogP contribution in [0.15, 0.2) is 12.1 Å². The number of nitrogens with zero attached hydrogens (tertiary/aromatic N) is 5. The zero-order chi connectivity index (χ0) is 20.3. The van der Waals surface area contributed by atoms with Crippen molar-refractivity contribution in [3.8, 4) is 11.5 Å². The minimum atomic E-state index is -3.78. The first kappa shape index (κ1) is 18.2. The number of halogens is 4. The number of anilines is 1. The highest BCUT2D eigenvalue weighted by Gasteiger charge is 2.45. The van der Waals surface area contributed by atoms with E-state index < -0.39 is 12.7 Å². The van der Waals surface area contributed by atoms with Gasteiger partial charge in [-0.3, -0.25) is 4.90 Å². The topological polar surface area (TPSA) is 90.8 Å². The monoisotopic (exact) mass is 412 g/mol. The zero-order valence-corrected chi connectivity index (χ0v) is 15.0. The van der Waals surface area contributed by atoms with Gasteiger partial charge in [0.2, 0.25) is 5.95 Å². The first-order valence-electron chi connectivity index (χ1n) is 9.06. The number of rotatable bonds is 3. The third-order valence-electron chi connectivity index (χ3n) is 5.12. The Morgan fingerprint density at radius 1 is 1.24 bits per heavy atom. The second-order valence-electron chi connectivity index (χ2n) is 7.12. The van der Waals surface area contributed by atoms with E-state index in [1.165, 1.54) is 16.6 Å². The van der Waals surface area contributed by atoms with Gasteiger partial charge in [0.25, 0.3) is 6.43 Å². The Balaban J connectivity index is 1.57. The van der Waals surface area contributed by atoms with Crippen LogP contribution in [0.2, 0.25) is 0 Å². The minimum Gasteiger partial charge on any atom is -0.395 e. The molecule has 1 atom stereocenters. The van der Waals surface area contributed by atoms with Crippen molar-refractivity contribution in [2.45, 2.75) is 31.5 Å². The van der Waals surface area contributed by atoms with Crippen molar-refractivity contribution in [2.75, 3.05) is 25.4 Å². The Labute approximate surface area is 161 Å². The SMILES string of the molecule is Nc1nc2c3c(ccc2c2nc([C@@H]4CCCN(CC(F)F)C4)nn12)OC(F)(F)O3. The van der Waals surface area contributed by atoms with Crippen LogP contribution in [0.3, 0.4) is 0 Å². The highest BCUT2D eigenvalue weighted by atomic mass is 19.3. The molecule has 1 fully saturated rings. The molecule has 0 amide bonds. The van der Waals surface area contributed by atoms with Crippen molar-refractivity contribution in [1.82, 2.24) is 24.5 Å². The number of hydrogen-bond donors (Lipinski definition) is 1. The maximum atomic E-state index is 13.5. The Hall–Kier alpha value is -2.89. The van der Waals surface area contributed by atoms with E-state index in [2.05, 4.69) is 24.5 Å². The molecule has 0 bridgehead atoms. The van der Waals surface area contributed by atoms with Gasteiger partial charge in [0, 0.05) is 17.8 Å². The quantitative estimate of drug-likeness (QED) is 0.662. The zero-order valence-electron chi connectivity index (χ0n) is 15.0. The van der Waals surface area contributed by atoms with Crippen molar-refractivity contribution in [3.05, 3.63) is 18.0 Å². The Bertz CT molecular complexity index is 1100. The summed E-state index contributed by atoms with van der Waals surface area (Å²) in [5.41, 5.74) is 6.39. The van der Waals surface area contributed by atoms with E-state index in [0.717, 1.165) is 12.8 Å². The van der Waals surface area contributed by atoms with Gasteiger partial charge in [0.05, 0.1) is 6.54 Å². The predicted octanol–water partition coefficient (Wildman–Crippen LogP) is 2.63. The lowest BCUT2D eigenvalue weighted by molar-refractivity contribution is -0.286. The van der Waals surface area contributed by atoms with Gasteiger partial charge in [-0.05, 0) is 31.5 Å². The number of ether oxygens (including phenoxy) is 2. The number of fused-ring (bicyclic) bond motifs is 5. The van der Waals surface area contributed by atoms with Crippen molar-refractivity contribution >= 4 is 22.5 Å². The molecular formula is C17H16F4N6O2. The second-order valence-corrected chi connectivity index (χ2v) is 7.12. The maximum Gasteiger partial charge on any atom is 0.586 e. The lowest BCUT2D eigenvalue weighted by Crippen LogP contribution is -2.37. The summed E-state index contributed by atoms with van der Waals surface area (Å²) in [7, 11) is 0. The highest BCUT2D eigenvalue weighted by molar-refractivity contribution is 5.97. The summed E-state index contributed by atoms with van der Waals surface area (Å²) in [6, 6.07) is 2.87. The molecule has 0 spiro atoms.